The van der Waals surface area contributed by atoms with E-state index in [9.17, 15) is 17.2 Å². The molecule has 1 unspecified atom stereocenters. The van der Waals surface area contributed by atoms with Crippen LogP contribution in [0.1, 0.15) is 6.42 Å². The summed E-state index contributed by atoms with van der Waals surface area (Å²) in [4.78, 5) is -0.633. The molecule has 8 heteroatoms. The fourth-order valence-corrected chi connectivity index (χ4v) is 3.95. The highest BCUT2D eigenvalue weighted by Crippen LogP contribution is 2.28. The van der Waals surface area contributed by atoms with E-state index in [0.29, 0.717) is 19.0 Å². The van der Waals surface area contributed by atoms with E-state index >= 15 is 0 Å². The molecule has 1 saturated heterocycles. The van der Waals surface area contributed by atoms with Crippen molar-refractivity contribution in [2.24, 2.45) is 11.7 Å². The maximum Gasteiger partial charge on any atom is 0.246 e. The van der Waals surface area contributed by atoms with Gasteiger partial charge >= 0.3 is 0 Å². The number of nitrogens with zero attached hydrogens (tertiary/aromatic N) is 1. The van der Waals surface area contributed by atoms with E-state index in [1.54, 1.807) is 0 Å². The van der Waals surface area contributed by atoms with Crippen molar-refractivity contribution >= 4 is 26.0 Å². The van der Waals surface area contributed by atoms with Gasteiger partial charge in [-0.3, -0.25) is 0 Å². The van der Waals surface area contributed by atoms with Crippen LogP contribution in [0.2, 0.25) is 0 Å². The lowest BCUT2D eigenvalue weighted by Gasteiger charge is -2.17. The molecule has 0 radical (unpaired) electrons. The first-order chi connectivity index (χ1) is 8.86. The van der Waals surface area contributed by atoms with Crippen molar-refractivity contribution in [2.45, 2.75) is 11.3 Å². The van der Waals surface area contributed by atoms with Crippen LogP contribution in [-0.4, -0.2) is 32.4 Å². The quantitative estimate of drug-likeness (QED) is 0.840. The summed E-state index contributed by atoms with van der Waals surface area (Å²) in [6.45, 7) is 0.903. The summed E-state index contributed by atoms with van der Waals surface area (Å²) in [6.07, 6.45) is 0.635. The molecular formula is C11H13BrF2N2O2S. The zero-order chi connectivity index (χ0) is 14.2. The molecule has 0 spiro atoms. The Kier molecular flexibility index (Phi) is 4.24. The van der Waals surface area contributed by atoms with Crippen LogP contribution in [-0.2, 0) is 10.0 Å². The van der Waals surface area contributed by atoms with Gasteiger partial charge in [-0.2, -0.15) is 4.31 Å². The molecule has 106 valence electrons. The van der Waals surface area contributed by atoms with Crippen molar-refractivity contribution in [3.05, 3.63) is 28.2 Å². The summed E-state index contributed by atoms with van der Waals surface area (Å²) in [7, 11) is -4.01. The van der Waals surface area contributed by atoms with Crippen LogP contribution < -0.4 is 5.73 Å². The molecule has 1 heterocycles. The molecule has 0 aliphatic carbocycles. The first kappa shape index (κ1) is 14.8. The Morgan fingerprint density at radius 3 is 2.63 bits per heavy atom. The van der Waals surface area contributed by atoms with Crippen LogP contribution in [0.3, 0.4) is 0 Å². The molecule has 1 fully saturated rings. The van der Waals surface area contributed by atoms with Gasteiger partial charge in [-0.05, 0) is 46.9 Å². The minimum atomic E-state index is -4.01. The molecule has 2 N–H and O–H groups in total. The van der Waals surface area contributed by atoms with Gasteiger partial charge in [-0.25, -0.2) is 17.2 Å². The summed E-state index contributed by atoms with van der Waals surface area (Å²) in [5.74, 6) is -1.71. The lowest BCUT2D eigenvalue weighted by molar-refractivity contribution is 0.451. The number of hydrogen-bond donors (Lipinski definition) is 1. The van der Waals surface area contributed by atoms with E-state index in [0.717, 1.165) is 10.4 Å². The minimum Gasteiger partial charge on any atom is -0.330 e. The van der Waals surface area contributed by atoms with E-state index < -0.39 is 26.6 Å². The molecular weight excluding hydrogens is 342 g/mol. The predicted molar refractivity (Wildman–Crippen MR) is 70.0 cm³/mol. The first-order valence-corrected chi connectivity index (χ1v) is 7.94. The fourth-order valence-electron chi connectivity index (χ4n) is 2.05. The monoisotopic (exact) mass is 354 g/mol. The van der Waals surface area contributed by atoms with E-state index in [1.807, 2.05) is 0 Å². The molecule has 0 amide bonds. The van der Waals surface area contributed by atoms with Crippen LogP contribution in [0.4, 0.5) is 8.78 Å². The van der Waals surface area contributed by atoms with E-state index in [4.69, 9.17) is 5.73 Å². The highest BCUT2D eigenvalue weighted by Gasteiger charge is 2.34. The van der Waals surface area contributed by atoms with Gasteiger partial charge in [0.1, 0.15) is 16.5 Å². The third-order valence-corrected chi connectivity index (χ3v) is 5.66. The van der Waals surface area contributed by atoms with Gasteiger partial charge in [0, 0.05) is 13.1 Å². The lowest BCUT2D eigenvalue weighted by atomic mass is 10.1. The van der Waals surface area contributed by atoms with Gasteiger partial charge in [-0.15, -0.1) is 0 Å². The number of hydrogen-bond acceptors (Lipinski definition) is 3. The van der Waals surface area contributed by atoms with Gasteiger partial charge < -0.3 is 5.73 Å². The van der Waals surface area contributed by atoms with Gasteiger partial charge in [0.15, 0.2) is 0 Å². The molecule has 19 heavy (non-hydrogen) atoms. The average molecular weight is 355 g/mol. The Balaban J connectivity index is 2.38. The molecule has 1 aromatic rings. The summed E-state index contributed by atoms with van der Waals surface area (Å²) >= 11 is 2.81. The molecule has 1 aromatic carbocycles. The second kappa shape index (κ2) is 5.43. The van der Waals surface area contributed by atoms with Crippen molar-refractivity contribution in [2.75, 3.05) is 19.6 Å². The Bertz CT molecular complexity index is 595. The number of benzene rings is 1. The summed E-state index contributed by atoms with van der Waals surface area (Å²) < 4.78 is 52.7. The second-order valence-corrected chi connectivity index (χ2v) is 7.21. The summed E-state index contributed by atoms with van der Waals surface area (Å²) in [5.41, 5.74) is 5.49. The number of rotatable bonds is 3. The summed E-state index contributed by atoms with van der Waals surface area (Å²) in [5, 5.41) is 0. The highest BCUT2D eigenvalue weighted by atomic mass is 79.9. The molecule has 4 nitrogen and oxygen atoms in total. The van der Waals surface area contributed by atoms with Gasteiger partial charge in [0.05, 0.1) is 4.47 Å². The number of nitrogens with two attached hydrogens (primary N) is 1. The molecule has 2 rings (SSSR count). The topological polar surface area (TPSA) is 63.4 Å². The fraction of sp³-hybridized carbons (Fsp3) is 0.455. The minimum absolute atomic E-state index is 0.0677. The maximum absolute atomic E-state index is 13.7. The van der Waals surface area contributed by atoms with E-state index in [1.165, 1.54) is 0 Å². The molecule has 1 atom stereocenters. The lowest BCUT2D eigenvalue weighted by Crippen LogP contribution is -2.30. The third-order valence-electron chi connectivity index (χ3n) is 3.17. The standard InChI is InChI=1S/C11H13BrF2N2O2S/c12-8-3-10(14)11(4-9(8)13)19(17,18)16-2-1-7(5-15)6-16/h3-4,7H,1-2,5-6,15H2. The normalized spacial score (nSPS) is 20.9. The van der Waals surface area contributed by atoms with Gasteiger partial charge in [-0.1, -0.05) is 0 Å². The molecule has 1 aliphatic heterocycles. The molecule has 1 aliphatic rings. The van der Waals surface area contributed by atoms with Crippen molar-refractivity contribution in [1.29, 1.82) is 0 Å². The van der Waals surface area contributed by atoms with E-state index in [-0.39, 0.29) is 23.5 Å². The Morgan fingerprint density at radius 1 is 1.37 bits per heavy atom. The zero-order valence-corrected chi connectivity index (χ0v) is 12.3. The summed E-state index contributed by atoms with van der Waals surface area (Å²) in [6, 6.07) is 1.52. The smallest absolute Gasteiger partial charge is 0.246 e. The Labute approximate surface area is 118 Å². The number of halogens is 3. The largest absolute Gasteiger partial charge is 0.330 e. The van der Waals surface area contributed by atoms with E-state index in [2.05, 4.69) is 15.9 Å². The van der Waals surface area contributed by atoms with Crippen molar-refractivity contribution in [3.8, 4) is 0 Å². The van der Waals surface area contributed by atoms with Crippen molar-refractivity contribution in [1.82, 2.24) is 4.31 Å². The van der Waals surface area contributed by atoms with Crippen LogP contribution in [0, 0.1) is 17.6 Å². The van der Waals surface area contributed by atoms with Crippen molar-refractivity contribution in [3.63, 3.8) is 0 Å². The Morgan fingerprint density at radius 2 is 2.05 bits per heavy atom. The second-order valence-electron chi connectivity index (χ2n) is 4.45. The average Bonchev–Trinajstić information content (AvgIpc) is 2.83. The molecule has 0 bridgehead atoms. The SMILES string of the molecule is NCC1CCN(S(=O)(=O)c2cc(F)c(Br)cc2F)C1. The zero-order valence-electron chi connectivity index (χ0n) is 9.94. The maximum atomic E-state index is 13.7. The highest BCUT2D eigenvalue weighted by molar-refractivity contribution is 9.10. The van der Waals surface area contributed by atoms with Crippen LogP contribution in [0.25, 0.3) is 0 Å². The number of sulfonamides is 1. The molecule has 0 aromatic heterocycles. The van der Waals surface area contributed by atoms with Crippen LogP contribution in [0.5, 0.6) is 0 Å². The van der Waals surface area contributed by atoms with Gasteiger partial charge in [0.25, 0.3) is 0 Å². The predicted octanol–water partition coefficient (Wildman–Crippen LogP) is 1.70. The van der Waals surface area contributed by atoms with Crippen molar-refractivity contribution < 1.29 is 17.2 Å². The molecule has 0 saturated carbocycles. The first-order valence-electron chi connectivity index (χ1n) is 5.71. The Hall–Kier alpha value is -0.570. The van der Waals surface area contributed by atoms with Crippen LogP contribution in [0.15, 0.2) is 21.5 Å². The third kappa shape index (κ3) is 2.81. The van der Waals surface area contributed by atoms with Crippen LogP contribution >= 0.6 is 15.9 Å². The van der Waals surface area contributed by atoms with Gasteiger partial charge in [0.2, 0.25) is 10.0 Å².